The van der Waals surface area contributed by atoms with Gasteiger partial charge in [-0.15, -0.1) is 0 Å². The van der Waals surface area contributed by atoms with E-state index in [4.69, 9.17) is 0 Å². The van der Waals surface area contributed by atoms with E-state index in [2.05, 4.69) is 10.6 Å². The number of carbonyl (C=O) groups is 1. The quantitative estimate of drug-likeness (QED) is 0.766. The number of urea groups is 1. The summed E-state index contributed by atoms with van der Waals surface area (Å²) < 4.78 is 0. The highest BCUT2D eigenvalue weighted by atomic mass is 16.3. The molecule has 0 unspecified atom stereocenters. The Kier molecular flexibility index (Phi) is 3.17. The predicted molar refractivity (Wildman–Crippen MR) is 71.7 cm³/mol. The molecule has 1 aromatic rings. The van der Waals surface area contributed by atoms with Gasteiger partial charge in [0.2, 0.25) is 0 Å². The molecule has 1 aliphatic heterocycles. The molecule has 0 aromatic heterocycles. The molecule has 1 heterocycles. The fourth-order valence-electron chi connectivity index (χ4n) is 2.05. The largest absolute Gasteiger partial charge is 0.389 e. The molecule has 0 atom stereocenters. The van der Waals surface area contributed by atoms with E-state index in [0.717, 1.165) is 16.9 Å². The van der Waals surface area contributed by atoms with Crippen molar-refractivity contribution < 1.29 is 9.90 Å². The first-order chi connectivity index (χ1) is 8.39. The molecular weight excluding hydrogens is 230 g/mol. The summed E-state index contributed by atoms with van der Waals surface area (Å²) in [5.41, 5.74) is 1.96. The maximum Gasteiger partial charge on any atom is 0.322 e. The molecule has 0 saturated carbocycles. The monoisotopic (exact) mass is 249 g/mol. The minimum Gasteiger partial charge on any atom is -0.389 e. The molecule has 0 aliphatic carbocycles. The van der Waals surface area contributed by atoms with Crippen molar-refractivity contribution in [1.82, 2.24) is 4.90 Å². The first-order valence-electron chi connectivity index (χ1n) is 5.98. The van der Waals surface area contributed by atoms with Crippen LogP contribution in [0.15, 0.2) is 18.2 Å². The lowest BCUT2D eigenvalue weighted by Crippen LogP contribution is -2.46. The molecule has 0 saturated heterocycles. The van der Waals surface area contributed by atoms with Crippen LogP contribution in [0.5, 0.6) is 0 Å². The van der Waals surface area contributed by atoms with Crippen LogP contribution in [0.4, 0.5) is 16.2 Å². The maximum absolute atomic E-state index is 11.9. The summed E-state index contributed by atoms with van der Waals surface area (Å²) in [6, 6.07) is 5.70. The summed E-state index contributed by atoms with van der Waals surface area (Å²) in [6.07, 6.45) is 0. The van der Waals surface area contributed by atoms with Gasteiger partial charge in [0.05, 0.1) is 12.1 Å². The zero-order chi connectivity index (χ0) is 13.3. The normalized spacial score (nSPS) is 15.1. The van der Waals surface area contributed by atoms with Gasteiger partial charge in [-0.1, -0.05) is 6.07 Å². The lowest BCUT2D eigenvalue weighted by Gasteiger charge is -2.33. The lowest BCUT2D eigenvalue weighted by molar-refractivity contribution is 0.0462. The minimum absolute atomic E-state index is 0.169. The van der Waals surface area contributed by atoms with Crippen molar-refractivity contribution in [2.24, 2.45) is 0 Å². The van der Waals surface area contributed by atoms with Gasteiger partial charge < -0.3 is 20.6 Å². The molecule has 2 rings (SSSR count). The predicted octanol–water partition coefficient (Wildman–Crippen LogP) is 1.85. The van der Waals surface area contributed by atoms with Crippen molar-refractivity contribution in [2.45, 2.75) is 26.0 Å². The van der Waals surface area contributed by atoms with Crippen LogP contribution >= 0.6 is 0 Å². The Bertz CT molecular complexity index is 466. The Balaban J connectivity index is 2.21. The zero-order valence-electron chi connectivity index (χ0n) is 10.9. The van der Waals surface area contributed by atoms with E-state index in [1.165, 1.54) is 0 Å². The van der Waals surface area contributed by atoms with Crippen LogP contribution in [0.2, 0.25) is 0 Å². The van der Waals surface area contributed by atoms with Crippen LogP contribution in [0.3, 0.4) is 0 Å². The van der Waals surface area contributed by atoms with E-state index in [1.807, 2.05) is 25.2 Å². The third kappa shape index (κ3) is 2.73. The van der Waals surface area contributed by atoms with Crippen molar-refractivity contribution in [3.8, 4) is 0 Å². The highest BCUT2D eigenvalue weighted by Gasteiger charge is 2.27. The van der Waals surface area contributed by atoms with Gasteiger partial charge in [0, 0.05) is 25.0 Å². The summed E-state index contributed by atoms with van der Waals surface area (Å²) in [5.74, 6) is 0. The highest BCUT2D eigenvalue weighted by molar-refractivity contribution is 5.93. The Hall–Kier alpha value is -1.75. The third-order valence-electron chi connectivity index (χ3n) is 2.87. The Morgan fingerprint density at radius 2 is 2.22 bits per heavy atom. The second kappa shape index (κ2) is 4.49. The molecule has 0 radical (unpaired) electrons. The number of benzene rings is 1. The number of nitrogens with one attached hydrogen (secondary N) is 2. The van der Waals surface area contributed by atoms with Gasteiger partial charge in [-0.3, -0.25) is 0 Å². The maximum atomic E-state index is 11.9. The number of hydrogen-bond donors (Lipinski definition) is 3. The van der Waals surface area contributed by atoms with E-state index < -0.39 is 5.60 Å². The van der Waals surface area contributed by atoms with Gasteiger partial charge in [-0.25, -0.2) is 4.79 Å². The van der Waals surface area contributed by atoms with Gasteiger partial charge in [-0.2, -0.15) is 0 Å². The SMILES string of the molecule is CNc1ccc2c(c1)NC(=O)N(CC(C)(C)O)C2. The Morgan fingerprint density at radius 1 is 1.50 bits per heavy atom. The molecule has 1 aliphatic rings. The summed E-state index contributed by atoms with van der Waals surface area (Å²) >= 11 is 0. The number of amides is 2. The summed E-state index contributed by atoms with van der Waals surface area (Å²) in [5, 5.41) is 15.7. The van der Waals surface area contributed by atoms with E-state index in [0.29, 0.717) is 13.1 Å². The van der Waals surface area contributed by atoms with Gasteiger partial charge in [-0.05, 0) is 31.5 Å². The Labute approximate surface area is 107 Å². The average molecular weight is 249 g/mol. The fourth-order valence-corrected chi connectivity index (χ4v) is 2.05. The first-order valence-corrected chi connectivity index (χ1v) is 5.98. The smallest absolute Gasteiger partial charge is 0.322 e. The lowest BCUT2D eigenvalue weighted by atomic mass is 10.1. The topological polar surface area (TPSA) is 64.6 Å². The van der Waals surface area contributed by atoms with Crippen LogP contribution in [0.1, 0.15) is 19.4 Å². The van der Waals surface area contributed by atoms with Crippen molar-refractivity contribution >= 4 is 17.4 Å². The zero-order valence-corrected chi connectivity index (χ0v) is 10.9. The number of anilines is 2. The number of rotatable bonds is 3. The number of β-amino-alcohol motifs (C(OH)–C–C–N with tert-alkyl or cyclic N) is 1. The average Bonchev–Trinajstić information content (AvgIpc) is 2.27. The van der Waals surface area contributed by atoms with Crippen LogP contribution in [-0.4, -0.2) is 35.2 Å². The van der Waals surface area contributed by atoms with Gasteiger partial charge in [0.25, 0.3) is 0 Å². The molecule has 98 valence electrons. The van der Waals surface area contributed by atoms with Gasteiger partial charge in [0.1, 0.15) is 0 Å². The minimum atomic E-state index is -0.889. The fraction of sp³-hybridized carbons (Fsp3) is 0.462. The Morgan fingerprint density at radius 3 is 2.83 bits per heavy atom. The van der Waals surface area contributed by atoms with Crippen molar-refractivity contribution in [1.29, 1.82) is 0 Å². The molecule has 3 N–H and O–H groups in total. The molecule has 0 spiro atoms. The first kappa shape index (κ1) is 12.7. The summed E-state index contributed by atoms with van der Waals surface area (Å²) in [6.45, 7) is 4.22. The molecule has 0 bridgehead atoms. The summed E-state index contributed by atoms with van der Waals surface area (Å²) in [7, 11) is 1.84. The molecule has 1 aromatic carbocycles. The second-order valence-corrected chi connectivity index (χ2v) is 5.22. The van der Waals surface area contributed by atoms with Crippen molar-refractivity contribution in [2.75, 3.05) is 24.2 Å². The van der Waals surface area contributed by atoms with Crippen LogP contribution in [-0.2, 0) is 6.54 Å². The van der Waals surface area contributed by atoms with Crippen LogP contribution in [0, 0.1) is 0 Å². The number of fused-ring (bicyclic) bond motifs is 1. The number of nitrogens with zero attached hydrogens (tertiary/aromatic N) is 1. The second-order valence-electron chi connectivity index (χ2n) is 5.22. The van der Waals surface area contributed by atoms with Crippen molar-refractivity contribution in [3.05, 3.63) is 23.8 Å². The van der Waals surface area contributed by atoms with Crippen LogP contribution < -0.4 is 10.6 Å². The standard InChI is InChI=1S/C13H19N3O2/c1-13(2,18)8-16-7-9-4-5-10(14-3)6-11(9)15-12(16)17/h4-6,14,18H,7-8H2,1-3H3,(H,15,17). The summed E-state index contributed by atoms with van der Waals surface area (Å²) in [4.78, 5) is 13.5. The number of hydrogen-bond acceptors (Lipinski definition) is 3. The van der Waals surface area contributed by atoms with E-state index in [-0.39, 0.29) is 6.03 Å². The number of aliphatic hydroxyl groups is 1. The van der Waals surface area contributed by atoms with Gasteiger partial charge in [0.15, 0.2) is 0 Å². The van der Waals surface area contributed by atoms with E-state index >= 15 is 0 Å². The molecule has 5 nitrogen and oxygen atoms in total. The molecule has 18 heavy (non-hydrogen) atoms. The molecule has 2 amide bonds. The highest BCUT2D eigenvalue weighted by Crippen LogP contribution is 2.27. The van der Waals surface area contributed by atoms with Crippen molar-refractivity contribution in [3.63, 3.8) is 0 Å². The van der Waals surface area contributed by atoms with Crippen LogP contribution in [0.25, 0.3) is 0 Å². The molecule has 5 heteroatoms. The molecular formula is C13H19N3O2. The molecule has 0 fully saturated rings. The third-order valence-corrected chi connectivity index (χ3v) is 2.87. The number of carbonyl (C=O) groups excluding carboxylic acids is 1. The van der Waals surface area contributed by atoms with E-state index in [9.17, 15) is 9.90 Å². The van der Waals surface area contributed by atoms with E-state index in [1.54, 1.807) is 18.7 Å². The van der Waals surface area contributed by atoms with Gasteiger partial charge >= 0.3 is 6.03 Å².